The first-order valence-electron chi connectivity index (χ1n) is 10.3. The minimum Gasteiger partial charge on any atom is -0.372 e. The van der Waals surface area contributed by atoms with Crippen LogP contribution in [0.2, 0.25) is 0 Å². The summed E-state index contributed by atoms with van der Waals surface area (Å²) in [4.78, 5) is 26.5. The van der Waals surface area contributed by atoms with Crippen molar-refractivity contribution in [2.75, 3.05) is 29.9 Å². The Bertz CT molecular complexity index is 906. The van der Waals surface area contributed by atoms with E-state index in [9.17, 15) is 4.79 Å². The van der Waals surface area contributed by atoms with Crippen LogP contribution in [0.4, 0.5) is 16.3 Å². The van der Waals surface area contributed by atoms with Crippen molar-refractivity contribution in [2.45, 2.75) is 52.9 Å². The van der Waals surface area contributed by atoms with Gasteiger partial charge in [0.25, 0.3) is 0 Å². The molecule has 154 valence electrons. The van der Waals surface area contributed by atoms with Crippen molar-refractivity contribution in [1.82, 2.24) is 14.9 Å². The van der Waals surface area contributed by atoms with E-state index >= 15 is 0 Å². The summed E-state index contributed by atoms with van der Waals surface area (Å²) in [6, 6.07) is 7.77. The molecular weight excluding hydrogens is 366 g/mol. The van der Waals surface area contributed by atoms with Crippen LogP contribution in [0.5, 0.6) is 0 Å². The van der Waals surface area contributed by atoms with E-state index in [1.807, 2.05) is 43.0 Å². The second kappa shape index (κ2) is 7.99. The molecule has 1 N–H and O–H groups in total. The van der Waals surface area contributed by atoms with Crippen LogP contribution >= 0.6 is 0 Å². The van der Waals surface area contributed by atoms with E-state index < -0.39 is 0 Å². The molecule has 4 rings (SSSR count). The standard InChI is InChI=1S/C22H29N5O2/c1-14-6-5-7-18(10-14)25-22(28)26-9-8-20-19(13-26)21(24-17(4)23-20)27-11-15(2)29-16(3)12-27/h5-7,10,15-16H,8-9,11-13H2,1-4H3,(H,25,28)/t15-,16-/m1/s1. The Balaban J connectivity index is 1.57. The summed E-state index contributed by atoms with van der Waals surface area (Å²) in [5.41, 5.74) is 4.05. The number of ether oxygens (including phenoxy) is 1. The molecule has 2 aliphatic rings. The van der Waals surface area contributed by atoms with Gasteiger partial charge in [-0.3, -0.25) is 0 Å². The lowest BCUT2D eigenvalue weighted by atomic mass is 10.0. The van der Waals surface area contributed by atoms with E-state index in [0.717, 1.165) is 53.7 Å². The number of hydrogen-bond acceptors (Lipinski definition) is 5. The molecular formula is C22H29N5O2. The van der Waals surface area contributed by atoms with Gasteiger partial charge in [-0.15, -0.1) is 0 Å². The number of fused-ring (bicyclic) bond motifs is 1. The molecule has 0 radical (unpaired) electrons. The van der Waals surface area contributed by atoms with Gasteiger partial charge in [0.15, 0.2) is 0 Å². The molecule has 7 heteroatoms. The largest absolute Gasteiger partial charge is 0.372 e. The van der Waals surface area contributed by atoms with E-state index in [4.69, 9.17) is 9.72 Å². The average Bonchev–Trinajstić information content (AvgIpc) is 2.66. The van der Waals surface area contributed by atoms with Gasteiger partial charge in [-0.05, 0) is 45.4 Å². The Morgan fingerprint density at radius 1 is 1.17 bits per heavy atom. The summed E-state index contributed by atoms with van der Waals surface area (Å²) in [5.74, 6) is 1.73. The predicted octanol–water partition coefficient (Wildman–Crippen LogP) is 3.30. The molecule has 0 bridgehead atoms. The summed E-state index contributed by atoms with van der Waals surface area (Å²) in [6.07, 6.45) is 1.03. The fraction of sp³-hybridized carbons (Fsp3) is 0.500. The van der Waals surface area contributed by atoms with Gasteiger partial charge in [-0.25, -0.2) is 14.8 Å². The Morgan fingerprint density at radius 2 is 1.93 bits per heavy atom. The van der Waals surface area contributed by atoms with Gasteiger partial charge in [-0.1, -0.05) is 12.1 Å². The van der Waals surface area contributed by atoms with Crippen molar-refractivity contribution >= 4 is 17.5 Å². The maximum atomic E-state index is 12.9. The molecule has 1 aromatic heterocycles. The number of nitrogens with zero attached hydrogens (tertiary/aromatic N) is 4. The molecule has 7 nitrogen and oxygen atoms in total. The Hall–Kier alpha value is -2.67. The maximum Gasteiger partial charge on any atom is 0.322 e. The van der Waals surface area contributed by atoms with Crippen LogP contribution in [0.1, 0.15) is 36.5 Å². The van der Waals surface area contributed by atoms with E-state index in [1.165, 1.54) is 0 Å². The number of hydrogen-bond donors (Lipinski definition) is 1. The van der Waals surface area contributed by atoms with Gasteiger partial charge < -0.3 is 19.9 Å². The van der Waals surface area contributed by atoms with E-state index in [0.29, 0.717) is 13.1 Å². The fourth-order valence-electron chi connectivity index (χ4n) is 4.23. The van der Waals surface area contributed by atoms with Gasteiger partial charge in [-0.2, -0.15) is 0 Å². The van der Waals surface area contributed by atoms with Crippen LogP contribution in [0.3, 0.4) is 0 Å². The molecule has 29 heavy (non-hydrogen) atoms. The van der Waals surface area contributed by atoms with Crippen LogP contribution in [0, 0.1) is 13.8 Å². The van der Waals surface area contributed by atoms with Crippen LogP contribution in [0.15, 0.2) is 24.3 Å². The molecule has 0 unspecified atom stereocenters. The summed E-state index contributed by atoms with van der Waals surface area (Å²) < 4.78 is 5.89. The molecule has 1 fully saturated rings. The average molecular weight is 396 g/mol. The molecule has 3 heterocycles. The highest BCUT2D eigenvalue weighted by molar-refractivity contribution is 5.89. The second-order valence-electron chi connectivity index (χ2n) is 8.15. The molecule has 2 aliphatic heterocycles. The lowest BCUT2D eigenvalue weighted by Crippen LogP contribution is -2.47. The number of amides is 2. The third-order valence-electron chi connectivity index (χ3n) is 5.43. The minimum atomic E-state index is -0.0866. The molecule has 0 spiro atoms. The van der Waals surface area contributed by atoms with Gasteiger partial charge in [0, 0.05) is 37.3 Å². The Labute approximate surface area is 172 Å². The first-order valence-corrected chi connectivity index (χ1v) is 10.3. The summed E-state index contributed by atoms with van der Waals surface area (Å²) in [5, 5.41) is 3.02. The number of aromatic nitrogens is 2. The molecule has 2 atom stereocenters. The molecule has 0 aliphatic carbocycles. The van der Waals surface area contributed by atoms with Crippen molar-refractivity contribution in [3.8, 4) is 0 Å². The fourth-order valence-corrected chi connectivity index (χ4v) is 4.23. The monoisotopic (exact) mass is 395 g/mol. The van der Waals surface area contributed by atoms with Gasteiger partial charge in [0.2, 0.25) is 0 Å². The Kier molecular flexibility index (Phi) is 5.41. The molecule has 2 aromatic rings. The van der Waals surface area contributed by atoms with E-state index in [-0.39, 0.29) is 18.2 Å². The topological polar surface area (TPSA) is 70.6 Å². The first-order chi connectivity index (χ1) is 13.9. The zero-order valence-electron chi connectivity index (χ0n) is 17.6. The number of aryl methyl sites for hydroxylation is 2. The highest BCUT2D eigenvalue weighted by Gasteiger charge is 2.30. The maximum absolute atomic E-state index is 12.9. The summed E-state index contributed by atoms with van der Waals surface area (Å²) in [7, 11) is 0. The van der Waals surface area contributed by atoms with Crippen LogP contribution in [-0.4, -0.2) is 52.7 Å². The number of morpholine rings is 1. The smallest absolute Gasteiger partial charge is 0.322 e. The predicted molar refractivity (Wildman–Crippen MR) is 113 cm³/mol. The Morgan fingerprint density at radius 3 is 2.66 bits per heavy atom. The van der Waals surface area contributed by atoms with E-state index in [2.05, 4.69) is 29.0 Å². The van der Waals surface area contributed by atoms with Crippen molar-refractivity contribution in [3.63, 3.8) is 0 Å². The van der Waals surface area contributed by atoms with Crippen molar-refractivity contribution < 1.29 is 9.53 Å². The first kappa shape index (κ1) is 19.6. The normalized spacial score (nSPS) is 21.7. The summed E-state index contributed by atoms with van der Waals surface area (Å²) in [6.45, 7) is 10.9. The number of urea groups is 1. The van der Waals surface area contributed by atoms with Gasteiger partial charge in [0.05, 0.1) is 24.4 Å². The van der Waals surface area contributed by atoms with Crippen molar-refractivity contribution in [1.29, 1.82) is 0 Å². The quantitative estimate of drug-likeness (QED) is 0.845. The SMILES string of the molecule is Cc1cccc(NC(=O)N2CCc3nc(C)nc(N4C[C@@H](C)O[C@H](C)C4)c3C2)c1. The lowest BCUT2D eigenvalue weighted by Gasteiger charge is -2.38. The highest BCUT2D eigenvalue weighted by Crippen LogP contribution is 2.29. The number of carbonyl (C=O) groups is 1. The molecule has 2 amide bonds. The molecule has 1 aromatic carbocycles. The number of rotatable bonds is 2. The summed E-state index contributed by atoms with van der Waals surface area (Å²) >= 11 is 0. The zero-order chi connectivity index (χ0) is 20.5. The second-order valence-corrected chi connectivity index (χ2v) is 8.15. The van der Waals surface area contributed by atoms with Crippen molar-refractivity contribution in [2.24, 2.45) is 0 Å². The molecule has 1 saturated heterocycles. The zero-order valence-corrected chi connectivity index (χ0v) is 17.6. The number of carbonyl (C=O) groups excluding carboxylic acids is 1. The molecule has 0 saturated carbocycles. The minimum absolute atomic E-state index is 0.0866. The number of nitrogens with one attached hydrogen (secondary N) is 1. The van der Waals surface area contributed by atoms with Gasteiger partial charge >= 0.3 is 6.03 Å². The van der Waals surface area contributed by atoms with Crippen molar-refractivity contribution in [3.05, 3.63) is 46.9 Å². The third-order valence-corrected chi connectivity index (χ3v) is 5.43. The van der Waals surface area contributed by atoms with Crippen LogP contribution < -0.4 is 10.2 Å². The van der Waals surface area contributed by atoms with Crippen LogP contribution in [-0.2, 0) is 17.7 Å². The third kappa shape index (κ3) is 4.34. The van der Waals surface area contributed by atoms with E-state index in [1.54, 1.807) is 0 Å². The van der Waals surface area contributed by atoms with Gasteiger partial charge in [0.1, 0.15) is 11.6 Å². The lowest BCUT2D eigenvalue weighted by molar-refractivity contribution is -0.00557. The van der Waals surface area contributed by atoms with Crippen LogP contribution in [0.25, 0.3) is 0 Å². The highest BCUT2D eigenvalue weighted by atomic mass is 16.5. The number of benzene rings is 1. The number of anilines is 2.